The second kappa shape index (κ2) is 8.45. The normalized spacial score (nSPS) is 16.6. The third-order valence-corrected chi connectivity index (χ3v) is 5.54. The molecule has 4 nitrogen and oxygen atoms in total. The summed E-state index contributed by atoms with van der Waals surface area (Å²) < 4.78 is 43.4. The first-order chi connectivity index (χ1) is 13.7. The fourth-order valence-corrected chi connectivity index (χ4v) is 3.74. The van der Waals surface area contributed by atoms with Gasteiger partial charge in [-0.25, -0.2) is 0 Å². The van der Waals surface area contributed by atoms with Gasteiger partial charge in [0.05, 0.1) is 12.7 Å². The molecule has 1 aliphatic heterocycles. The Morgan fingerprint density at radius 3 is 2.17 bits per heavy atom. The van der Waals surface area contributed by atoms with Crippen LogP contribution in [0.25, 0.3) is 0 Å². The Labute approximate surface area is 168 Å². The van der Waals surface area contributed by atoms with Crippen molar-refractivity contribution in [1.82, 2.24) is 9.80 Å². The molecule has 3 rings (SSSR count). The van der Waals surface area contributed by atoms with Gasteiger partial charge in [-0.2, -0.15) is 13.2 Å². The molecule has 1 unspecified atom stereocenters. The Hall–Kier alpha value is -2.54. The number of carbonyl (C=O) groups excluding carboxylic acids is 1. The zero-order valence-electron chi connectivity index (χ0n) is 16.8. The van der Waals surface area contributed by atoms with Gasteiger partial charge < -0.3 is 9.64 Å². The number of benzene rings is 2. The van der Waals surface area contributed by atoms with Crippen LogP contribution in [0.5, 0.6) is 5.75 Å². The Kier molecular flexibility index (Phi) is 6.17. The van der Waals surface area contributed by atoms with Crippen molar-refractivity contribution in [3.05, 3.63) is 64.7 Å². The van der Waals surface area contributed by atoms with Crippen molar-refractivity contribution in [2.24, 2.45) is 0 Å². The van der Waals surface area contributed by atoms with E-state index in [0.717, 1.165) is 23.4 Å². The highest BCUT2D eigenvalue weighted by atomic mass is 19.4. The van der Waals surface area contributed by atoms with Crippen LogP contribution in [0.1, 0.15) is 40.0 Å². The van der Waals surface area contributed by atoms with E-state index in [1.54, 1.807) is 12.0 Å². The van der Waals surface area contributed by atoms with Gasteiger partial charge in [0, 0.05) is 37.8 Å². The number of nitrogens with zero attached hydrogens (tertiary/aromatic N) is 2. The number of amides is 1. The number of rotatable bonds is 4. The number of carbonyl (C=O) groups is 1. The number of aryl methyl sites for hydroxylation is 1. The smallest absolute Gasteiger partial charge is 0.416 e. The van der Waals surface area contributed by atoms with E-state index in [9.17, 15) is 18.0 Å². The lowest BCUT2D eigenvalue weighted by Gasteiger charge is -2.38. The number of hydrogen-bond acceptors (Lipinski definition) is 3. The molecule has 1 heterocycles. The van der Waals surface area contributed by atoms with Crippen LogP contribution in [0.2, 0.25) is 0 Å². The fourth-order valence-electron chi connectivity index (χ4n) is 3.74. The first kappa shape index (κ1) is 21.2. The fraction of sp³-hybridized carbons (Fsp3) is 0.409. The summed E-state index contributed by atoms with van der Waals surface area (Å²) in [6.07, 6.45) is -4.40. The first-order valence-electron chi connectivity index (χ1n) is 9.56. The standard InChI is InChI=1S/C22H25F3N2O2/c1-15-14-19(29-3)8-9-20(15)16(2)26-10-12-27(13-11-26)21(28)17-4-6-18(7-5-17)22(23,24)25/h4-9,14,16H,10-13H2,1-3H3. The molecule has 2 aromatic rings. The lowest BCUT2D eigenvalue weighted by atomic mass is 10.00. The Balaban J connectivity index is 1.62. The maximum Gasteiger partial charge on any atom is 0.416 e. The van der Waals surface area contributed by atoms with Gasteiger partial charge in [0.15, 0.2) is 0 Å². The van der Waals surface area contributed by atoms with E-state index in [-0.39, 0.29) is 17.5 Å². The average molecular weight is 406 g/mol. The number of piperazine rings is 1. The number of ether oxygens (including phenoxy) is 1. The van der Waals surface area contributed by atoms with E-state index in [2.05, 4.69) is 24.8 Å². The Bertz CT molecular complexity index is 857. The van der Waals surface area contributed by atoms with Gasteiger partial charge >= 0.3 is 6.18 Å². The predicted octanol–water partition coefficient (Wildman–Crippen LogP) is 4.54. The van der Waals surface area contributed by atoms with Crippen LogP contribution in [0, 0.1) is 6.92 Å². The molecule has 0 aromatic heterocycles. The van der Waals surface area contributed by atoms with Crippen LogP contribution in [-0.4, -0.2) is 49.0 Å². The molecule has 1 aliphatic rings. The average Bonchev–Trinajstić information content (AvgIpc) is 2.72. The predicted molar refractivity (Wildman–Crippen MR) is 105 cm³/mol. The van der Waals surface area contributed by atoms with Gasteiger partial charge in [-0.3, -0.25) is 9.69 Å². The van der Waals surface area contributed by atoms with Gasteiger partial charge in [0.25, 0.3) is 5.91 Å². The van der Waals surface area contributed by atoms with Crippen LogP contribution in [0.4, 0.5) is 13.2 Å². The summed E-state index contributed by atoms with van der Waals surface area (Å²) in [5, 5.41) is 0. The van der Waals surface area contributed by atoms with E-state index in [1.807, 2.05) is 12.1 Å². The number of methoxy groups -OCH3 is 1. The van der Waals surface area contributed by atoms with E-state index in [1.165, 1.54) is 17.7 Å². The van der Waals surface area contributed by atoms with Crippen LogP contribution in [0.15, 0.2) is 42.5 Å². The lowest BCUT2D eigenvalue weighted by molar-refractivity contribution is -0.137. The molecule has 1 atom stereocenters. The van der Waals surface area contributed by atoms with Crippen molar-refractivity contribution in [2.45, 2.75) is 26.1 Å². The molecular weight excluding hydrogens is 381 g/mol. The minimum absolute atomic E-state index is 0.198. The third-order valence-electron chi connectivity index (χ3n) is 5.54. The molecule has 1 fully saturated rings. The topological polar surface area (TPSA) is 32.8 Å². The van der Waals surface area contributed by atoms with E-state index < -0.39 is 11.7 Å². The highest BCUT2D eigenvalue weighted by Gasteiger charge is 2.31. The summed E-state index contributed by atoms with van der Waals surface area (Å²) >= 11 is 0. The summed E-state index contributed by atoms with van der Waals surface area (Å²) in [5.41, 5.74) is 1.90. The van der Waals surface area contributed by atoms with Gasteiger partial charge in [0.2, 0.25) is 0 Å². The largest absolute Gasteiger partial charge is 0.497 e. The van der Waals surface area contributed by atoms with Crippen molar-refractivity contribution < 1.29 is 22.7 Å². The molecule has 1 amide bonds. The van der Waals surface area contributed by atoms with Gasteiger partial charge in [-0.05, 0) is 61.4 Å². The summed E-state index contributed by atoms with van der Waals surface area (Å²) in [7, 11) is 1.64. The van der Waals surface area contributed by atoms with Gasteiger partial charge in [-0.1, -0.05) is 6.07 Å². The van der Waals surface area contributed by atoms with Crippen molar-refractivity contribution in [1.29, 1.82) is 0 Å². The third kappa shape index (κ3) is 4.72. The molecule has 156 valence electrons. The zero-order chi connectivity index (χ0) is 21.2. The second-order valence-electron chi connectivity index (χ2n) is 7.30. The van der Waals surface area contributed by atoms with Gasteiger partial charge in [0.1, 0.15) is 5.75 Å². The highest BCUT2D eigenvalue weighted by Crippen LogP contribution is 2.30. The maximum atomic E-state index is 12.7. The lowest BCUT2D eigenvalue weighted by Crippen LogP contribution is -2.49. The molecule has 0 N–H and O–H groups in total. The quantitative estimate of drug-likeness (QED) is 0.747. The summed E-state index contributed by atoms with van der Waals surface area (Å²) in [6.45, 7) is 6.69. The van der Waals surface area contributed by atoms with Crippen LogP contribution in [0.3, 0.4) is 0 Å². The molecule has 0 bridgehead atoms. The number of hydrogen-bond donors (Lipinski definition) is 0. The van der Waals surface area contributed by atoms with Crippen LogP contribution >= 0.6 is 0 Å². The van der Waals surface area contributed by atoms with E-state index in [4.69, 9.17) is 4.74 Å². The Morgan fingerprint density at radius 1 is 1.03 bits per heavy atom. The zero-order valence-corrected chi connectivity index (χ0v) is 16.8. The summed E-state index contributed by atoms with van der Waals surface area (Å²) in [5.74, 6) is 0.595. The Morgan fingerprint density at radius 2 is 1.66 bits per heavy atom. The second-order valence-corrected chi connectivity index (χ2v) is 7.30. The molecule has 1 saturated heterocycles. The monoisotopic (exact) mass is 406 g/mol. The highest BCUT2D eigenvalue weighted by molar-refractivity contribution is 5.94. The van der Waals surface area contributed by atoms with Crippen molar-refractivity contribution >= 4 is 5.91 Å². The first-order valence-corrected chi connectivity index (χ1v) is 9.56. The van der Waals surface area contributed by atoms with Crippen molar-refractivity contribution in [3.63, 3.8) is 0 Å². The SMILES string of the molecule is COc1ccc(C(C)N2CCN(C(=O)c3ccc(C(F)(F)F)cc3)CC2)c(C)c1. The maximum absolute atomic E-state index is 12.7. The molecule has 7 heteroatoms. The van der Waals surface area contributed by atoms with Gasteiger partial charge in [-0.15, -0.1) is 0 Å². The van der Waals surface area contributed by atoms with Crippen LogP contribution in [-0.2, 0) is 6.18 Å². The van der Waals surface area contributed by atoms with E-state index in [0.29, 0.717) is 26.2 Å². The van der Waals surface area contributed by atoms with Crippen molar-refractivity contribution in [2.75, 3.05) is 33.3 Å². The molecule has 29 heavy (non-hydrogen) atoms. The molecule has 2 aromatic carbocycles. The molecular formula is C22H25F3N2O2. The molecule has 0 saturated carbocycles. The van der Waals surface area contributed by atoms with Crippen LogP contribution < -0.4 is 4.74 Å². The summed E-state index contributed by atoms with van der Waals surface area (Å²) in [6, 6.07) is 10.6. The number of alkyl halides is 3. The molecule has 0 aliphatic carbocycles. The number of halogens is 3. The van der Waals surface area contributed by atoms with Crippen molar-refractivity contribution in [3.8, 4) is 5.75 Å². The molecule has 0 spiro atoms. The minimum Gasteiger partial charge on any atom is -0.497 e. The minimum atomic E-state index is -4.40. The van der Waals surface area contributed by atoms with E-state index >= 15 is 0 Å². The molecule has 0 radical (unpaired) electrons. The summed E-state index contributed by atoms with van der Waals surface area (Å²) in [4.78, 5) is 16.7.